The van der Waals surface area contributed by atoms with Gasteiger partial charge in [-0.2, -0.15) is 5.10 Å². The first-order valence-corrected chi connectivity index (χ1v) is 13.3. The fraction of sp³-hybridized carbons (Fsp3) is 0.156. The molecule has 4 aromatic carbocycles. The quantitative estimate of drug-likeness (QED) is 0.214. The number of fused-ring (bicyclic) bond motifs is 1. The van der Waals surface area contributed by atoms with E-state index < -0.39 is 0 Å². The van der Waals surface area contributed by atoms with Gasteiger partial charge in [-0.25, -0.2) is 15.0 Å². The van der Waals surface area contributed by atoms with Gasteiger partial charge in [-0.05, 0) is 72.6 Å². The first kappa shape index (κ1) is 24.9. The van der Waals surface area contributed by atoms with Gasteiger partial charge in [0.15, 0.2) is 0 Å². The van der Waals surface area contributed by atoms with Crippen LogP contribution >= 0.6 is 11.6 Å². The number of aromatic nitrogens is 2. The lowest BCUT2D eigenvalue weighted by atomic mass is 9.98. The number of hydrogen-bond donors (Lipinski definition) is 0. The predicted molar refractivity (Wildman–Crippen MR) is 157 cm³/mol. The molecule has 0 N–H and O–H groups in total. The normalized spacial score (nSPS) is 14.9. The maximum atomic E-state index is 6.38. The molecule has 0 aliphatic carbocycles. The van der Waals surface area contributed by atoms with E-state index in [1.54, 1.807) is 7.11 Å². The summed E-state index contributed by atoms with van der Waals surface area (Å²) in [5.41, 5.74) is 5.71. The molecule has 6 nitrogen and oxygen atoms in total. The van der Waals surface area contributed by atoms with Crippen LogP contribution in [0.1, 0.15) is 30.5 Å². The summed E-state index contributed by atoms with van der Waals surface area (Å²) in [5, 5.41) is 8.57. The highest BCUT2D eigenvalue weighted by molar-refractivity contribution is 6.31. The highest BCUT2D eigenvalue weighted by Crippen LogP contribution is 2.38. The van der Waals surface area contributed by atoms with Gasteiger partial charge in [0.25, 0.3) is 0 Å². The second kappa shape index (κ2) is 10.8. The standard InChI is InChI=1S/C32H27ClN4O2/c1-3-39-26-16-11-22(12-17-26)30-20-29(21-9-14-25(38-2)15-10-21)36-37(30)32-34-28-18-13-24(33)19-27(28)31(35-32)23-7-5-4-6-8-23/h4-19,30H,3,20H2,1-2H3/t30-/m1/s1. The molecule has 1 aliphatic rings. The molecule has 0 bridgehead atoms. The summed E-state index contributed by atoms with van der Waals surface area (Å²) in [5.74, 6) is 2.18. The Kier molecular flexibility index (Phi) is 6.86. The predicted octanol–water partition coefficient (Wildman–Crippen LogP) is 7.71. The summed E-state index contributed by atoms with van der Waals surface area (Å²) in [6.07, 6.45) is 0.697. The zero-order chi connectivity index (χ0) is 26.8. The van der Waals surface area contributed by atoms with Gasteiger partial charge in [-0.3, -0.25) is 0 Å². The molecule has 6 rings (SSSR count). The van der Waals surface area contributed by atoms with Crippen molar-refractivity contribution >= 4 is 34.2 Å². The van der Waals surface area contributed by atoms with E-state index in [1.165, 1.54) is 0 Å². The van der Waals surface area contributed by atoms with Gasteiger partial charge in [0, 0.05) is 22.4 Å². The average molecular weight is 535 g/mol. The number of rotatable bonds is 7. The fourth-order valence-corrected chi connectivity index (χ4v) is 5.04. The second-order valence-corrected chi connectivity index (χ2v) is 9.68. The first-order valence-electron chi connectivity index (χ1n) is 12.9. The molecule has 1 aromatic heterocycles. The topological polar surface area (TPSA) is 59.8 Å². The van der Waals surface area contributed by atoms with Gasteiger partial charge in [-0.1, -0.05) is 54.1 Å². The van der Waals surface area contributed by atoms with E-state index in [9.17, 15) is 0 Å². The molecule has 0 saturated heterocycles. The van der Waals surface area contributed by atoms with Gasteiger partial charge >= 0.3 is 0 Å². The van der Waals surface area contributed by atoms with E-state index in [0.717, 1.165) is 50.5 Å². The van der Waals surface area contributed by atoms with Gasteiger partial charge in [0.1, 0.15) is 11.5 Å². The largest absolute Gasteiger partial charge is 0.497 e. The van der Waals surface area contributed by atoms with Crippen molar-refractivity contribution in [3.05, 3.63) is 113 Å². The molecule has 0 unspecified atom stereocenters. The number of hydrogen-bond acceptors (Lipinski definition) is 6. The van der Waals surface area contributed by atoms with Crippen molar-refractivity contribution in [2.75, 3.05) is 18.7 Å². The molecular weight excluding hydrogens is 508 g/mol. The van der Waals surface area contributed by atoms with E-state index >= 15 is 0 Å². The van der Waals surface area contributed by atoms with Crippen LogP contribution in [0.15, 0.2) is 102 Å². The van der Waals surface area contributed by atoms with E-state index in [0.29, 0.717) is 24.0 Å². The first-order chi connectivity index (χ1) is 19.1. The van der Waals surface area contributed by atoms with Crippen LogP contribution in [0, 0.1) is 0 Å². The van der Waals surface area contributed by atoms with Crippen LogP contribution in [-0.4, -0.2) is 29.4 Å². The monoisotopic (exact) mass is 534 g/mol. The Morgan fingerprint density at radius 2 is 1.59 bits per heavy atom. The maximum Gasteiger partial charge on any atom is 0.247 e. The molecular formula is C32H27ClN4O2. The third kappa shape index (κ3) is 5.03. The van der Waals surface area contributed by atoms with Crippen molar-refractivity contribution in [1.82, 2.24) is 9.97 Å². The van der Waals surface area contributed by atoms with Crippen molar-refractivity contribution in [3.63, 3.8) is 0 Å². The Bertz CT molecular complexity index is 1640. The highest BCUT2D eigenvalue weighted by Gasteiger charge is 2.32. The molecule has 0 spiro atoms. The molecule has 7 heteroatoms. The molecule has 0 saturated carbocycles. The van der Waals surface area contributed by atoms with Gasteiger partial charge in [0.05, 0.1) is 36.7 Å². The SMILES string of the molecule is CCOc1ccc([C@H]2CC(c3ccc(OC)cc3)=NN2c2nc(-c3ccccc3)c3cc(Cl)ccc3n2)cc1. The number of methoxy groups -OCH3 is 1. The summed E-state index contributed by atoms with van der Waals surface area (Å²) in [6.45, 7) is 2.60. The van der Waals surface area contributed by atoms with Crippen LogP contribution in [0.2, 0.25) is 5.02 Å². The van der Waals surface area contributed by atoms with E-state index in [1.807, 2.05) is 96.9 Å². The molecule has 0 amide bonds. The Hall–Kier alpha value is -4.42. The minimum absolute atomic E-state index is 0.0915. The minimum atomic E-state index is -0.0915. The molecule has 0 fully saturated rings. The fourth-order valence-electron chi connectivity index (χ4n) is 4.87. The zero-order valence-corrected chi connectivity index (χ0v) is 22.5. The molecule has 1 atom stereocenters. The summed E-state index contributed by atoms with van der Waals surface area (Å²) in [7, 11) is 1.67. The van der Waals surface area contributed by atoms with Crippen LogP contribution in [0.25, 0.3) is 22.2 Å². The summed E-state index contributed by atoms with van der Waals surface area (Å²) in [4.78, 5) is 10.0. The molecule has 2 heterocycles. The molecule has 1 aliphatic heterocycles. The second-order valence-electron chi connectivity index (χ2n) is 9.24. The molecule has 0 radical (unpaired) electrons. The highest BCUT2D eigenvalue weighted by atomic mass is 35.5. The molecule has 194 valence electrons. The van der Waals surface area contributed by atoms with Crippen LogP contribution in [0.5, 0.6) is 11.5 Å². The Morgan fingerprint density at radius 1 is 0.846 bits per heavy atom. The number of ether oxygens (including phenoxy) is 2. The number of anilines is 1. The number of halogens is 1. The lowest BCUT2D eigenvalue weighted by molar-refractivity contribution is 0.340. The lowest BCUT2D eigenvalue weighted by Crippen LogP contribution is -2.21. The van der Waals surface area contributed by atoms with Gasteiger partial charge in [0.2, 0.25) is 5.95 Å². The Labute approximate surface area is 232 Å². The smallest absolute Gasteiger partial charge is 0.247 e. The van der Waals surface area contributed by atoms with Crippen molar-refractivity contribution < 1.29 is 9.47 Å². The number of nitrogens with zero attached hydrogens (tertiary/aromatic N) is 4. The molecule has 5 aromatic rings. The van der Waals surface area contributed by atoms with E-state index in [2.05, 4.69) is 12.1 Å². The van der Waals surface area contributed by atoms with Crippen LogP contribution in [0.3, 0.4) is 0 Å². The van der Waals surface area contributed by atoms with Crippen molar-refractivity contribution in [3.8, 4) is 22.8 Å². The Morgan fingerprint density at radius 3 is 2.31 bits per heavy atom. The van der Waals surface area contributed by atoms with Crippen molar-refractivity contribution in [2.24, 2.45) is 5.10 Å². The third-order valence-electron chi connectivity index (χ3n) is 6.81. The summed E-state index contributed by atoms with van der Waals surface area (Å²) >= 11 is 6.38. The zero-order valence-electron chi connectivity index (χ0n) is 21.7. The maximum absolute atomic E-state index is 6.38. The Balaban J connectivity index is 1.49. The minimum Gasteiger partial charge on any atom is -0.497 e. The number of benzene rings is 4. The van der Waals surface area contributed by atoms with Crippen LogP contribution in [-0.2, 0) is 0 Å². The van der Waals surface area contributed by atoms with E-state index in [-0.39, 0.29) is 6.04 Å². The average Bonchev–Trinajstić information content (AvgIpc) is 3.43. The summed E-state index contributed by atoms with van der Waals surface area (Å²) < 4.78 is 11.0. The molecule has 39 heavy (non-hydrogen) atoms. The van der Waals surface area contributed by atoms with Crippen LogP contribution in [0.4, 0.5) is 5.95 Å². The lowest BCUT2D eigenvalue weighted by Gasteiger charge is -2.23. The van der Waals surface area contributed by atoms with Crippen molar-refractivity contribution in [2.45, 2.75) is 19.4 Å². The van der Waals surface area contributed by atoms with Crippen LogP contribution < -0.4 is 14.5 Å². The van der Waals surface area contributed by atoms with Gasteiger partial charge in [-0.15, -0.1) is 0 Å². The van der Waals surface area contributed by atoms with Gasteiger partial charge < -0.3 is 9.47 Å². The number of hydrazone groups is 1. The summed E-state index contributed by atoms with van der Waals surface area (Å²) in [6, 6.07) is 31.9. The van der Waals surface area contributed by atoms with Crippen molar-refractivity contribution in [1.29, 1.82) is 0 Å². The van der Waals surface area contributed by atoms with E-state index in [4.69, 9.17) is 36.1 Å². The third-order valence-corrected chi connectivity index (χ3v) is 7.04.